The number of aryl methyl sites for hydroxylation is 1. The van der Waals surface area contributed by atoms with Crippen molar-refractivity contribution in [2.75, 3.05) is 24.5 Å². The molecule has 140 valence electrons. The van der Waals surface area contributed by atoms with Gasteiger partial charge in [-0.2, -0.15) is 0 Å². The highest BCUT2D eigenvalue weighted by Crippen LogP contribution is 2.22. The molecular formula is C20H27N3O2S. The number of thiophene rings is 1. The average Bonchev–Trinajstić information content (AvgIpc) is 3.13. The Morgan fingerprint density at radius 1 is 1.19 bits per heavy atom. The molecule has 26 heavy (non-hydrogen) atoms. The number of nitrogens with zero attached hydrogens (tertiary/aromatic N) is 1. The van der Waals surface area contributed by atoms with Crippen molar-refractivity contribution >= 4 is 28.8 Å². The van der Waals surface area contributed by atoms with E-state index < -0.39 is 0 Å². The summed E-state index contributed by atoms with van der Waals surface area (Å²) in [6.07, 6.45) is 0.247. The van der Waals surface area contributed by atoms with Gasteiger partial charge in [0.05, 0.1) is 12.5 Å². The van der Waals surface area contributed by atoms with E-state index in [0.717, 1.165) is 18.0 Å². The molecule has 0 saturated heterocycles. The molecule has 6 heteroatoms. The molecule has 1 atom stereocenters. The van der Waals surface area contributed by atoms with E-state index in [2.05, 4.69) is 41.5 Å². The molecule has 0 fully saturated rings. The van der Waals surface area contributed by atoms with Crippen molar-refractivity contribution in [3.05, 3.63) is 52.2 Å². The first-order valence-corrected chi connectivity index (χ1v) is 9.77. The molecule has 0 saturated carbocycles. The first kappa shape index (κ1) is 20.0. The number of carbonyl (C=O) groups excluding carboxylic acids is 2. The summed E-state index contributed by atoms with van der Waals surface area (Å²) < 4.78 is 0. The minimum absolute atomic E-state index is 0.0574. The van der Waals surface area contributed by atoms with E-state index in [0.29, 0.717) is 6.54 Å². The van der Waals surface area contributed by atoms with Crippen LogP contribution in [0.2, 0.25) is 0 Å². The number of likely N-dealkylation sites (N-methyl/N-ethyl adjacent to an activating group) is 1. The molecule has 0 spiro atoms. The Kier molecular flexibility index (Phi) is 7.66. The molecule has 2 rings (SSSR count). The maximum absolute atomic E-state index is 12.3. The highest BCUT2D eigenvalue weighted by Gasteiger charge is 2.18. The highest BCUT2D eigenvalue weighted by atomic mass is 32.1. The molecule has 2 aromatic rings. The predicted molar refractivity (Wildman–Crippen MR) is 108 cm³/mol. The van der Waals surface area contributed by atoms with Crippen molar-refractivity contribution in [1.29, 1.82) is 0 Å². The van der Waals surface area contributed by atoms with E-state index in [1.165, 1.54) is 18.2 Å². The minimum atomic E-state index is -0.272. The summed E-state index contributed by atoms with van der Waals surface area (Å²) in [5.74, 6) is -0.189. The Bertz CT molecular complexity index is 716. The lowest BCUT2D eigenvalue weighted by molar-refractivity contribution is -0.122. The summed E-state index contributed by atoms with van der Waals surface area (Å²) in [5, 5.41) is 7.78. The zero-order valence-corrected chi connectivity index (χ0v) is 16.4. The van der Waals surface area contributed by atoms with Gasteiger partial charge >= 0.3 is 0 Å². The van der Waals surface area contributed by atoms with Crippen LogP contribution in [0.4, 0.5) is 5.69 Å². The maximum atomic E-state index is 12.3. The van der Waals surface area contributed by atoms with Gasteiger partial charge in [0.15, 0.2) is 0 Å². The number of hydrogen-bond acceptors (Lipinski definition) is 4. The number of amides is 2. The molecule has 5 nitrogen and oxygen atoms in total. The minimum Gasteiger partial charge on any atom is -0.370 e. The monoisotopic (exact) mass is 373 g/mol. The molecular weight excluding hydrogens is 346 g/mol. The van der Waals surface area contributed by atoms with E-state index in [1.54, 1.807) is 11.3 Å². The van der Waals surface area contributed by atoms with Gasteiger partial charge in [0, 0.05) is 37.1 Å². The number of para-hydroxylation sites is 1. The number of hydrogen-bond donors (Lipinski definition) is 2. The van der Waals surface area contributed by atoms with Crippen LogP contribution in [-0.4, -0.2) is 31.4 Å². The van der Waals surface area contributed by atoms with Crippen molar-refractivity contribution in [2.45, 2.75) is 33.2 Å². The Morgan fingerprint density at radius 2 is 1.96 bits per heavy atom. The van der Waals surface area contributed by atoms with Gasteiger partial charge in [-0.25, -0.2) is 0 Å². The third-order valence-electron chi connectivity index (χ3n) is 4.20. The fraction of sp³-hybridized carbons (Fsp3) is 0.400. The third kappa shape index (κ3) is 5.88. The van der Waals surface area contributed by atoms with Crippen LogP contribution in [0.3, 0.4) is 0 Å². The van der Waals surface area contributed by atoms with Gasteiger partial charge < -0.3 is 15.5 Å². The molecule has 0 radical (unpaired) electrons. The molecule has 1 aromatic carbocycles. The average molecular weight is 374 g/mol. The standard InChI is InChI=1S/C20H27N3O2S/c1-4-23(18-9-6-5-8-15(18)2)12-11-21-20(25)14-17(22-16(3)24)19-10-7-13-26-19/h5-10,13,17H,4,11-12,14H2,1-3H3,(H,21,25)(H,22,24)/t17-/m1/s1. The lowest BCUT2D eigenvalue weighted by atomic mass is 10.1. The SMILES string of the molecule is CCN(CCNC(=O)C[C@@H](NC(C)=O)c1cccs1)c1ccccc1C. The van der Waals surface area contributed by atoms with Crippen molar-refractivity contribution in [3.63, 3.8) is 0 Å². The van der Waals surface area contributed by atoms with Gasteiger partial charge in [-0.3, -0.25) is 9.59 Å². The molecule has 1 aromatic heterocycles. The second-order valence-corrected chi connectivity index (χ2v) is 7.17. The Balaban J connectivity index is 1.87. The zero-order valence-electron chi connectivity index (χ0n) is 15.6. The molecule has 0 bridgehead atoms. The topological polar surface area (TPSA) is 61.4 Å². The molecule has 0 aliphatic carbocycles. The fourth-order valence-corrected chi connectivity index (χ4v) is 3.69. The number of benzene rings is 1. The quantitative estimate of drug-likeness (QED) is 0.709. The second kappa shape index (κ2) is 9.97. The Labute approximate surface area is 159 Å². The van der Waals surface area contributed by atoms with Crippen molar-refractivity contribution in [1.82, 2.24) is 10.6 Å². The van der Waals surface area contributed by atoms with Crippen molar-refractivity contribution in [3.8, 4) is 0 Å². The van der Waals surface area contributed by atoms with Gasteiger partial charge in [0.1, 0.15) is 0 Å². The van der Waals surface area contributed by atoms with Crippen LogP contribution in [0.5, 0.6) is 0 Å². The summed E-state index contributed by atoms with van der Waals surface area (Å²) in [6, 6.07) is 11.8. The van der Waals surface area contributed by atoms with Gasteiger partial charge in [-0.15, -0.1) is 11.3 Å². The van der Waals surface area contributed by atoms with Gasteiger partial charge in [0.25, 0.3) is 0 Å². The molecule has 0 aliphatic heterocycles. The smallest absolute Gasteiger partial charge is 0.222 e. The van der Waals surface area contributed by atoms with Gasteiger partial charge in [-0.1, -0.05) is 24.3 Å². The van der Waals surface area contributed by atoms with Crippen LogP contribution < -0.4 is 15.5 Å². The van der Waals surface area contributed by atoms with Crippen molar-refractivity contribution < 1.29 is 9.59 Å². The largest absolute Gasteiger partial charge is 0.370 e. The number of nitrogens with one attached hydrogen (secondary N) is 2. The lowest BCUT2D eigenvalue weighted by Crippen LogP contribution is -2.37. The Hall–Kier alpha value is -2.34. The zero-order chi connectivity index (χ0) is 18.9. The van der Waals surface area contributed by atoms with Crippen LogP contribution in [0.25, 0.3) is 0 Å². The second-order valence-electron chi connectivity index (χ2n) is 6.19. The van der Waals surface area contributed by atoms with Crippen LogP contribution in [0.1, 0.15) is 36.8 Å². The summed E-state index contributed by atoms with van der Waals surface area (Å²) in [5.41, 5.74) is 2.42. The maximum Gasteiger partial charge on any atom is 0.222 e. The van der Waals surface area contributed by atoms with Crippen LogP contribution >= 0.6 is 11.3 Å². The van der Waals surface area contributed by atoms with Crippen molar-refractivity contribution in [2.24, 2.45) is 0 Å². The van der Waals surface area contributed by atoms with E-state index in [1.807, 2.05) is 29.6 Å². The predicted octanol–water partition coefficient (Wildman–Crippen LogP) is 3.27. The van der Waals surface area contributed by atoms with E-state index >= 15 is 0 Å². The lowest BCUT2D eigenvalue weighted by Gasteiger charge is -2.25. The fourth-order valence-electron chi connectivity index (χ4n) is 2.91. The van der Waals surface area contributed by atoms with Crippen LogP contribution in [-0.2, 0) is 9.59 Å². The highest BCUT2D eigenvalue weighted by molar-refractivity contribution is 7.10. The number of carbonyl (C=O) groups is 2. The molecule has 2 N–H and O–H groups in total. The van der Waals surface area contributed by atoms with Gasteiger partial charge in [-0.05, 0) is 36.9 Å². The summed E-state index contributed by atoms with van der Waals surface area (Å²) in [6.45, 7) is 7.87. The first-order chi connectivity index (χ1) is 12.5. The molecule has 0 unspecified atom stereocenters. The van der Waals surface area contributed by atoms with E-state index in [4.69, 9.17) is 0 Å². The first-order valence-electron chi connectivity index (χ1n) is 8.89. The third-order valence-corrected chi connectivity index (χ3v) is 5.18. The normalized spacial score (nSPS) is 11.7. The summed E-state index contributed by atoms with van der Waals surface area (Å²) in [4.78, 5) is 27.0. The summed E-state index contributed by atoms with van der Waals surface area (Å²) >= 11 is 1.54. The van der Waals surface area contributed by atoms with E-state index in [9.17, 15) is 9.59 Å². The molecule has 2 amide bonds. The number of rotatable bonds is 9. The van der Waals surface area contributed by atoms with Gasteiger partial charge in [0.2, 0.25) is 11.8 Å². The van der Waals surface area contributed by atoms with E-state index in [-0.39, 0.29) is 24.3 Å². The molecule has 0 aliphatic rings. The Morgan fingerprint density at radius 3 is 2.58 bits per heavy atom. The van der Waals surface area contributed by atoms with Crippen LogP contribution in [0, 0.1) is 6.92 Å². The molecule has 1 heterocycles. The number of anilines is 1. The van der Waals surface area contributed by atoms with Crippen LogP contribution in [0.15, 0.2) is 41.8 Å². The summed E-state index contributed by atoms with van der Waals surface area (Å²) in [7, 11) is 0.